The van der Waals surface area contributed by atoms with Gasteiger partial charge in [0, 0.05) is 32.2 Å². The number of hydrogen-bond donors (Lipinski definition) is 2. The zero-order valence-electron chi connectivity index (χ0n) is 11.7. The number of halogens is 1. The van der Waals surface area contributed by atoms with Crippen LogP contribution in [-0.4, -0.2) is 30.6 Å². The van der Waals surface area contributed by atoms with E-state index in [1.165, 1.54) is 6.20 Å². The number of aromatic nitrogens is 1. The van der Waals surface area contributed by atoms with Crippen molar-refractivity contribution >= 4 is 23.2 Å². The number of nitrogens with zero attached hydrogens (tertiary/aromatic N) is 2. The van der Waals surface area contributed by atoms with E-state index in [9.17, 15) is 4.79 Å². The molecule has 0 radical (unpaired) electrons. The summed E-state index contributed by atoms with van der Waals surface area (Å²) in [7, 11) is 0. The summed E-state index contributed by atoms with van der Waals surface area (Å²) in [6, 6.07) is 5.23. The topological polar surface area (TPSA) is 87.0 Å². The summed E-state index contributed by atoms with van der Waals surface area (Å²) in [5.41, 5.74) is 0.488. The van der Waals surface area contributed by atoms with Crippen molar-refractivity contribution in [1.82, 2.24) is 10.3 Å². The van der Waals surface area contributed by atoms with Gasteiger partial charge in [0.1, 0.15) is 11.6 Å². The number of ether oxygens (including phenoxy) is 1. The highest BCUT2D eigenvalue weighted by molar-refractivity contribution is 6.32. The lowest BCUT2D eigenvalue weighted by Crippen LogP contribution is -2.26. The number of nitriles is 1. The molecule has 1 aromatic rings. The number of amides is 1. The monoisotopic (exact) mass is 308 g/mol. The minimum absolute atomic E-state index is 0.0358. The van der Waals surface area contributed by atoms with Gasteiger partial charge in [-0.2, -0.15) is 5.26 Å². The average Bonchev–Trinajstić information content (AvgIpc) is 2.49. The molecular weight excluding hydrogens is 292 g/mol. The highest BCUT2D eigenvalue weighted by Gasteiger charge is 2.08. The van der Waals surface area contributed by atoms with E-state index in [-0.39, 0.29) is 10.7 Å². The van der Waals surface area contributed by atoms with Gasteiger partial charge in [-0.1, -0.05) is 11.6 Å². The molecule has 0 bridgehead atoms. The van der Waals surface area contributed by atoms with Gasteiger partial charge in [0.15, 0.2) is 5.15 Å². The summed E-state index contributed by atoms with van der Waals surface area (Å²) in [5, 5.41) is 14.7. The average molecular weight is 309 g/mol. The van der Waals surface area contributed by atoms with Crippen molar-refractivity contribution in [2.45, 2.75) is 13.3 Å². The van der Waals surface area contributed by atoms with Crippen LogP contribution in [0.4, 0.5) is 5.69 Å². The number of anilines is 1. The molecule has 1 heterocycles. The van der Waals surface area contributed by atoms with E-state index >= 15 is 0 Å². The predicted octanol–water partition coefficient (Wildman–Crippen LogP) is 2.10. The van der Waals surface area contributed by atoms with Gasteiger partial charge >= 0.3 is 0 Å². The van der Waals surface area contributed by atoms with Crippen molar-refractivity contribution in [3.05, 3.63) is 35.3 Å². The van der Waals surface area contributed by atoms with E-state index < -0.39 is 5.91 Å². The van der Waals surface area contributed by atoms with E-state index in [2.05, 4.69) is 15.6 Å². The first-order chi connectivity index (χ1) is 10.2. The van der Waals surface area contributed by atoms with E-state index in [1.54, 1.807) is 18.3 Å². The third kappa shape index (κ3) is 6.25. The molecule has 0 aliphatic carbocycles. The van der Waals surface area contributed by atoms with Gasteiger partial charge in [-0.3, -0.25) is 4.79 Å². The highest BCUT2D eigenvalue weighted by atomic mass is 35.5. The molecule has 0 saturated carbocycles. The van der Waals surface area contributed by atoms with Crippen molar-refractivity contribution in [3.8, 4) is 6.07 Å². The van der Waals surface area contributed by atoms with E-state index in [0.717, 1.165) is 0 Å². The Balaban J connectivity index is 2.50. The lowest BCUT2D eigenvalue weighted by atomic mass is 10.3. The first-order valence-corrected chi connectivity index (χ1v) is 6.90. The standard InChI is InChI=1S/C14H17ClN4O2/c1-2-21-8-4-7-18-14(20)11(9-16)10-19-12-5-3-6-17-13(12)15/h3,5-6,10,19H,2,4,7-8H2,1H3,(H,18,20)/b11-10-. The summed E-state index contributed by atoms with van der Waals surface area (Å²) in [4.78, 5) is 15.7. The molecule has 0 aliphatic heterocycles. The molecule has 1 aromatic heterocycles. The number of carbonyl (C=O) groups is 1. The SMILES string of the molecule is CCOCCCNC(=O)/C(C#N)=C\Nc1cccnc1Cl. The van der Waals surface area contributed by atoms with Crippen LogP contribution < -0.4 is 10.6 Å². The minimum atomic E-state index is -0.443. The van der Waals surface area contributed by atoms with Crippen LogP contribution in [0.1, 0.15) is 13.3 Å². The molecule has 0 aromatic carbocycles. The molecule has 0 aliphatic rings. The molecule has 2 N–H and O–H groups in total. The summed E-state index contributed by atoms with van der Waals surface area (Å²) in [6.45, 7) is 3.58. The zero-order valence-corrected chi connectivity index (χ0v) is 12.5. The lowest BCUT2D eigenvalue weighted by Gasteiger charge is -2.06. The van der Waals surface area contributed by atoms with Crippen LogP contribution in [0.5, 0.6) is 0 Å². The fourth-order valence-corrected chi connectivity index (χ4v) is 1.58. The molecule has 0 atom stereocenters. The van der Waals surface area contributed by atoms with Crippen LogP contribution in [0.3, 0.4) is 0 Å². The lowest BCUT2D eigenvalue weighted by molar-refractivity contribution is -0.117. The number of carbonyl (C=O) groups excluding carboxylic acids is 1. The molecule has 21 heavy (non-hydrogen) atoms. The second-order valence-electron chi connectivity index (χ2n) is 3.96. The summed E-state index contributed by atoms with van der Waals surface area (Å²) in [6.07, 6.45) is 3.55. The first kappa shape index (κ1) is 17.0. The zero-order chi connectivity index (χ0) is 15.5. The van der Waals surface area contributed by atoms with Crippen LogP contribution >= 0.6 is 11.6 Å². The Hall–Kier alpha value is -2.10. The van der Waals surface area contributed by atoms with Crippen LogP contribution in [0.15, 0.2) is 30.1 Å². The highest BCUT2D eigenvalue weighted by Crippen LogP contribution is 2.17. The van der Waals surface area contributed by atoms with Crippen LogP contribution in [0.25, 0.3) is 0 Å². The van der Waals surface area contributed by atoms with Crippen molar-refractivity contribution in [2.24, 2.45) is 0 Å². The minimum Gasteiger partial charge on any atom is -0.382 e. The maximum atomic E-state index is 11.8. The number of nitrogens with one attached hydrogen (secondary N) is 2. The molecule has 1 rings (SSSR count). The van der Waals surface area contributed by atoms with Crippen molar-refractivity contribution in [1.29, 1.82) is 5.26 Å². The predicted molar refractivity (Wildman–Crippen MR) is 80.7 cm³/mol. The van der Waals surface area contributed by atoms with Crippen molar-refractivity contribution in [3.63, 3.8) is 0 Å². The van der Waals surface area contributed by atoms with Crippen molar-refractivity contribution < 1.29 is 9.53 Å². The third-order valence-corrected chi connectivity index (χ3v) is 2.75. The molecule has 1 amide bonds. The molecule has 6 nitrogen and oxygen atoms in total. The number of rotatable bonds is 8. The molecule has 112 valence electrons. The largest absolute Gasteiger partial charge is 0.382 e. The van der Waals surface area contributed by atoms with Gasteiger partial charge in [0.2, 0.25) is 0 Å². The smallest absolute Gasteiger partial charge is 0.263 e. The quantitative estimate of drug-likeness (QED) is 0.332. The van der Waals surface area contributed by atoms with Gasteiger partial charge in [0.05, 0.1) is 5.69 Å². The first-order valence-electron chi connectivity index (χ1n) is 6.52. The van der Waals surface area contributed by atoms with E-state index in [1.807, 2.05) is 13.0 Å². The molecule has 0 spiro atoms. The van der Waals surface area contributed by atoms with Gasteiger partial charge in [-0.25, -0.2) is 4.98 Å². The second kappa shape index (κ2) is 9.75. The fourth-order valence-electron chi connectivity index (χ4n) is 1.41. The molecule has 0 unspecified atom stereocenters. The molecule has 7 heteroatoms. The Kier molecular flexibility index (Phi) is 7.87. The Morgan fingerprint density at radius 2 is 2.43 bits per heavy atom. The normalized spacial score (nSPS) is 10.8. The summed E-state index contributed by atoms with van der Waals surface area (Å²) < 4.78 is 5.16. The Bertz CT molecular complexity index is 540. The summed E-state index contributed by atoms with van der Waals surface area (Å²) in [5.74, 6) is -0.443. The Morgan fingerprint density at radius 1 is 1.62 bits per heavy atom. The Morgan fingerprint density at radius 3 is 3.10 bits per heavy atom. The number of hydrogen-bond acceptors (Lipinski definition) is 5. The molecule has 0 fully saturated rings. The maximum absolute atomic E-state index is 11.8. The molecule has 0 saturated heterocycles. The van der Waals surface area contributed by atoms with E-state index in [0.29, 0.717) is 31.9 Å². The van der Waals surface area contributed by atoms with Gasteiger partial charge in [-0.05, 0) is 25.5 Å². The second-order valence-corrected chi connectivity index (χ2v) is 4.32. The van der Waals surface area contributed by atoms with Gasteiger partial charge in [0.25, 0.3) is 5.91 Å². The number of pyridine rings is 1. The summed E-state index contributed by atoms with van der Waals surface area (Å²) >= 11 is 5.86. The van der Waals surface area contributed by atoms with Crippen LogP contribution in [0, 0.1) is 11.3 Å². The van der Waals surface area contributed by atoms with E-state index in [4.69, 9.17) is 21.6 Å². The van der Waals surface area contributed by atoms with Gasteiger partial charge in [-0.15, -0.1) is 0 Å². The fraction of sp³-hybridized carbons (Fsp3) is 0.357. The van der Waals surface area contributed by atoms with Crippen LogP contribution in [-0.2, 0) is 9.53 Å². The van der Waals surface area contributed by atoms with Crippen LogP contribution in [0.2, 0.25) is 5.15 Å². The maximum Gasteiger partial charge on any atom is 0.263 e. The Labute approximate surface area is 128 Å². The third-order valence-electron chi connectivity index (χ3n) is 2.45. The molecular formula is C14H17ClN4O2. The van der Waals surface area contributed by atoms with Gasteiger partial charge < -0.3 is 15.4 Å². The van der Waals surface area contributed by atoms with Crippen molar-refractivity contribution in [2.75, 3.05) is 25.1 Å².